The Bertz CT molecular complexity index is 596. The largest absolute Gasteiger partial charge is 0.478 e. The molecule has 0 saturated carbocycles. The van der Waals surface area contributed by atoms with Gasteiger partial charge < -0.3 is 15.2 Å². The molecule has 2 rings (SSSR count). The molecule has 1 heterocycles. The van der Waals surface area contributed by atoms with Crippen molar-refractivity contribution in [3.63, 3.8) is 0 Å². The van der Waals surface area contributed by atoms with Crippen molar-refractivity contribution in [2.45, 2.75) is 0 Å². The number of hydrogen-bond acceptors (Lipinski definition) is 4. The van der Waals surface area contributed by atoms with Crippen molar-refractivity contribution in [1.82, 2.24) is 0 Å². The van der Waals surface area contributed by atoms with Gasteiger partial charge in [-0.25, -0.2) is 9.59 Å². The van der Waals surface area contributed by atoms with Crippen LogP contribution < -0.4 is 10.2 Å². The summed E-state index contributed by atoms with van der Waals surface area (Å²) in [6.07, 6.45) is 0.666. The zero-order chi connectivity index (χ0) is 14.7. The molecular formula is C13H12N2O5. The summed E-state index contributed by atoms with van der Waals surface area (Å²) < 4.78 is 4.88. The number of nitrogens with one attached hydrogen (secondary N) is 1. The summed E-state index contributed by atoms with van der Waals surface area (Å²) in [6.45, 7) is 3.20. The number of nitrogens with zero attached hydrogens (tertiary/aromatic N) is 1. The van der Waals surface area contributed by atoms with E-state index in [2.05, 4.69) is 11.9 Å². The molecule has 0 aliphatic carbocycles. The molecule has 0 aromatic heterocycles. The van der Waals surface area contributed by atoms with Gasteiger partial charge in [-0.1, -0.05) is 12.7 Å². The van der Waals surface area contributed by atoms with E-state index in [9.17, 15) is 14.4 Å². The molecule has 104 valence electrons. The van der Waals surface area contributed by atoms with Crippen LogP contribution in [0, 0.1) is 0 Å². The van der Waals surface area contributed by atoms with Crippen molar-refractivity contribution in [3.8, 4) is 0 Å². The number of amides is 2. The summed E-state index contributed by atoms with van der Waals surface area (Å²) in [5.74, 6) is -1.50. The SMILES string of the molecule is C=CCOC(=O)N1CC(=O)Nc2ccc(C(=O)O)cc21. The van der Waals surface area contributed by atoms with E-state index in [0.717, 1.165) is 4.90 Å². The molecule has 0 unspecified atom stereocenters. The van der Waals surface area contributed by atoms with Gasteiger partial charge in [0, 0.05) is 0 Å². The molecule has 0 atom stereocenters. The number of fused-ring (bicyclic) bond motifs is 1. The Balaban J connectivity index is 2.38. The molecule has 2 N–H and O–H groups in total. The number of aromatic carboxylic acids is 1. The summed E-state index contributed by atoms with van der Waals surface area (Å²) >= 11 is 0. The fourth-order valence-electron chi connectivity index (χ4n) is 1.78. The third kappa shape index (κ3) is 2.61. The molecule has 2 amide bonds. The number of hydrogen-bond donors (Lipinski definition) is 2. The average Bonchev–Trinajstić information content (AvgIpc) is 2.43. The van der Waals surface area contributed by atoms with Gasteiger partial charge in [0.2, 0.25) is 5.91 Å². The van der Waals surface area contributed by atoms with Crippen LogP contribution in [0.5, 0.6) is 0 Å². The lowest BCUT2D eigenvalue weighted by Gasteiger charge is -2.28. The van der Waals surface area contributed by atoms with E-state index in [0.29, 0.717) is 11.4 Å². The summed E-state index contributed by atoms with van der Waals surface area (Å²) in [5.41, 5.74) is 0.668. The lowest BCUT2D eigenvalue weighted by Crippen LogP contribution is -2.42. The second-order valence-electron chi connectivity index (χ2n) is 4.04. The Morgan fingerprint density at radius 1 is 1.50 bits per heavy atom. The average molecular weight is 276 g/mol. The molecule has 1 aromatic rings. The number of carbonyl (C=O) groups is 3. The minimum atomic E-state index is -1.12. The van der Waals surface area contributed by atoms with Crippen LogP contribution in [-0.2, 0) is 9.53 Å². The molecular weight excluding hydrogens is 264 g/mol. The van der Waals surface area contributed by atoms with E-state index in [1.807, 2.05) is 0 Å². The minimum Gasteiger partial charge on any atom is -0.478 e. The first kappa shape index (κ1) is 13.6. The highest BCUT2D eigenvalue weighted by Gasteiger charge is 2.28. The van der Waals surface area contributed by atoms with Gasteiger partial charge in [-0.05, 0) is 18.2 Å². The smallest absolute Gasteiger partial charge is 0.415 e. The van der Waals surface area contributed by atoms with Crippen molar-refractivity contribution in [2.75, 3.05) is 23.4 Å². The molecule has 7 heteroatoms. The zero-order valence-corrected chi connectivity index (χ0v) is 10.5. The third-order valence-electron chi connectivity index (χ3n) is 2.66. The van der Waals surface area contributed by atoms with E-state index in [1.54, 1.807) is 0 Å². The fourth-order valence-corrected chi connectivity index (χ4v) is 1.78. The van der Waals surface area contributed by atoms with Crippen molar-refractivity contribution in [2.24, 2.45) is 0 Å². The lowest BCUT2D eigenvalue weighted by atomic mass is 10.1. The first-order chi connectivity index (χ1) is 9.52. The summed E-state index contributed by atoms with van der Waals surface area (Å²) in [7, 11) is 0. The quantitative estimate of drug-likeness (QED) is 0.815. The van der Waals surface area contributed by atoms with Gasteiger partial charge in [0.15, 0.2) is 0 Å². The van der Waals surface area contributed by atoms with Crippen LogP contribution in [0.1, 0.15) is 10.4 Å². The Kier molecular flexibility index (Phi) is 3.69. The second-order valence-corrected chi connectivity index (χ2v) is 4.04. The van der Waals surface area contributed by atoms with Gasteiger partial charge in [-0.2, -0.15) is 0 Å². The molecule has 7 nitrogen and oxygen atoms in total. The molecule has 0 spiro atoms. The standard InChI is InChI=1S/C13H12N2O5/c1-2-5-20-13(19)15-7-11(16)14-9-4-3-8(12(17)18)6-10(9)15/h2-4,6H,1,5,7H2,(H,14,16)(H,17,18). The molecule has 0 radical (unpaired) electrons. The van der Waals surface area contributed by atoms with Crippen LogP contribution in [0.15, 0.2) is 30.9 Å². The van der Waals surface area contributed by atoms with Crippen LogP contribution in [-0.4, -0.2) is 36.2 Å². The first-order valence-corrected chi connectivity index (χ1v) is 5.75. The third-order valence-corrected chi connectivity index (χ3v) is 2.66. The lowest BCUT2D eigenvalue weighted by molar-refractivity contribution is -0.115. The Morgan fingerprint density at radius 2 is 2.25 bits per heavy atom. The van der Waals surface area contributed by atoms with Crippen LogP contribution in [0.4, 0.5) is 16.2 Å². The summed E-state index contributed by atoms with van der Waals surface area (Å²) in [5, 5.41) is 11.5. The maximum absolute atomic E-state index is 11.9. The van der Waals surface area contributed by atoms with Gasteiger partial charge in [-0.15, -0.1) is 0 Å². The molecule has 1 aliphatic rings. The number of benzene rings is 1. The highest BCUT2D eigenvalue weighted by molar-refractivity contribution is 6.09. The van der Waals surface area contributed by atoms with Gasteiger partial charge in [0.05, 0.1) is 16.9 Å². The van der Waals surface area contributed by atoms with Crippen LogP contribution in [0.2, 0.25) is 0 Å². The van der Waals surface area contributed by atoms with Gasteiger partial charge >= 0.3 is 12.1 Å². The van der Waals surface area contributed by atoms with Gasteiger partial charge in [-0.3, -0.25) is 9.69 Å². The molecule has 0 fully saturated rings. The van der Waals surface area contributed by atoms with Crippen molar-refractivity contribution in [3.05, 3.63) is 36.4 Å². The molecule has 1 aliphatic heterocycles. The Labute approximate surface area is 114 Å². The van der Waals surface area contributed by atoms with Crippen molar-refractivity contribution in [1.29, 1.82) is 0 Å². The van der Waals surface area contributed by atoms with Gasteiger partial charge in [0.25, 0.3) is 0 Å². The predicted octanol–water partition coefficient (Wildman–Crippen LogP) is 1.47. The summed E-state index contributed by atoms with van der Waals surface area (Å²) in [6, 6.07) is 4.09. The van der Waals surface area contributed by atoms with E-state index in [1.165, 1.54) is 24.3 Å². The normalized spacial score (nSPS) is 13.2. The Hall–Kier alpha value is -2.83. The summed E-state index contributed by atoms with van der Waals surface area (Å²) in [4.78, 5) is 35.5. The van der Waals surface area contributed by atoms with E-state index >= 15 is 0 Å². The molecule has 0 saturated heterocycles. The van der Waals surface area contributed by atoms with Gasteiger partial charge in [0.1, 0.15) is 13.2 Å². The Morgan fingerprint density at radius 3 is 2.90 bits per heavy atom. The second kappa shape index (κ2) is 5.43. The van der Waals surface area contributed by atoms with Crippen LogP contribution in [0.3, 0.4) is 0 Å². The van der Waals surface area contributed by atoms with E-state index in [4.69, 9.17) is 9.84 Å². The number of carboxylic acid groups (broad SMARTS) is 1. The molecule has 20 heavy (non-hydrogen) atoms. The predicted molar refractivity (Wildman–Crippen MR) is 70.9 cm³/mol. The van der Waals surface area contributed by atoms with E-state index in [-0.39, 0.29) is 24.6 Å². The highest BCUT2D eigenvalue weighted by Crippen LogP contribution is 2.31. The molecule has 1 aromatic carbocycles. The highest BCUT2D eigenvalue weighted by atomic mass is 16.6. The van der Waals surface area contributed by atoms with Crippen LogP contribution >= 0.6 is 0 Å². The van der Waals surface area contributed by atoms with Crippen LogP contribution in [0.25, 0.3) is 0 Å². The maximum atomic E-state index is 11.9. The minimum absolute atomic E-state index is 0.00487. The van der Waals surface area contributed by atoms with Crippen molar-refractivity contribution < 1.29 is 24.2 Å². The molecule has 0 bridgehead atoms. The monoisotopic (exact) mass is 276 g/mol. The topological polar surface area (TPSA) is 95.9 Å². The zero-order valence-electron chi connectivity index (χ0n) is 10.5. The fraction of sp³-hybridized carbons (Fsp3) is 0.154. The first-order valence-electron chi connectivity index (χ1n) is 5.75. The van der Waals surface area contributed by atoms with Crippen molar-refractivity contribution >= 4 is 29.3 Å². The number of anilines is 2. The number of carboxylic acids is 1. The number of rotatable bonds is 3. The number of carbonyl (C=O) groups excluding carboxylic acids is 2. The number of ether oxygens (including phenoxy) is 1. The van der Waals surface area contributed by atoms with E-state index < -0.39 is 12.1 Å². The maximum Gasteiger partial charge on any atom is 0.415 e.